The van der Waals surface area contributed by atoms with Crippen molar-refractivity contribution in [1.29, 1.82) is 0 Å². The number of nitrogens with two attached hydrogens (primary N) is 1. The summed E-state index contributed by atoms with van der Waals surface area (Å²) >= 11 is 0. The van der Waals surface area contributed by atoms with Crippen LogP contribution in [0.1, 0.15) is 57.6 Å². The second-order valence-corrected chi connectivity index (χ2v) is 6.77. The summed E-state index contributed by atoms with van der Waals surface area (Å²) in [6, 6.07) is 7.30. The summed E-state index contributed by atoms with van der Waals surface area (Å²) in [6.07, 6.45) is 6.50. The maximum absolute atomic E-state index is 13.0. The lowest BCUT2D eigenvalue weighted by atomic mass is 10.0. The molecular weight excluding hydrogens is 263 g/mol. The zero-order valence-electron chi connectivity index (χ0n) is 13.4. The topological polar surface area (TPSA) is 29.3 Å². The summed E-state index contributed by atoms with van der Waals surface area (Å²) < 4.78 is 13.0. The number of nitrogens with zero attached hydrogens (tertiary/aromatic N) is 1. The van der Waals surface area contributed by atoms with Crippen molar-refractivity contribution in [2.24, 2.45) is 11.7 Å². The smallest absolute Gasteiger partial charge is 0.123 e. The fraction of sp³-hybridized carbons (Fsp3) is 0.667. The molecule has 0 bridgehead atoms. The molecule has 1 fully saturated rings. The van der Waals surface area contributed by atoms with Crippen LogP contribution in [0.3, 0.4) is 0 Å². The van der Waals surface area contributed by atoms with Crippen LogP contribution in [-0.2, 0) is 0 Å². The average molecular weight is 292 g/mol. The Bertz CT molecular complexity index is 410. The fourth-order valence-electron chi connectivity index (χ4n) is 3.18. The molecule has 1 aliphatic rings. The minimum atomic E-state index is -0.196. The van der Waals surface area contributed by atoms with Crippen molar-refractivity contribution in [3.8, 4) is 0 Å². The highest BCUT2D eigenvalue weighted by Gasteiger charge is 2.24. The van der Waals surface area contributed by atoms with Gasteiger partial charge in [-0.1, -0.05) is 38.8 Å². The summed E-state index contributed by atoms with van der Waals surface area (Å²) in [4.78, 5) is 2.57. The minimum absolute atomic E-state index is 0.0293. The summed E-state index contributed by atoms with van der Waals surface area (Å²) in [5, 5.41) is 0. The van der Waals surface area contributed by atoms with E-state index in [0.717, 1.165) is 24.6 Å². The summed E-state index contributed by atoms with van der Waals surface area (Å²) in [5.74, 6) is 0.523. The standard InChI is InChI=1S/C18H29FN2/c1-14(2)11-12-21(17-5-3-4-6-17)13-18(20)15-7-9-16(19)10-8-15/h7-10,14,17-18H,3-6,11-13,20H2,1-2H3. The molecule has 1 aromatic carbocycles. The SMILES string of the molecule is CC(C)CCN(CC(N)c1ccc(F)cc1)C1CCCC1. The molecule has 0 radical (unpaired) electrons. The number of halogens is 1. The van der Waals surface area contributed by atoms with E-state index in [2.05, 4.69) is 18.7 Å². The molecule has 1 aliphatic carbocycles. The zero-order valence-corrected chi connectivity index (χ0v) is 13.4. The van der Waals surface area contributed by atoms with E-state index in [1.165, 1.54) is 44.2 Å². The van der Waals surface area contributed by atoms with E-state index >= 15 is 0 Å². The Labute approximate surface area is 128 Å². The van der Waals surface area contributed by atoms with E-state index < -0.39 is 0 Å². The molecule has 0 spiro atoms. The van der Waals surface area contributed by atoms with Gasteiger partial charge in [-0.2, -0.15) is 0 Å². The molecule has 0 aromatic heterocycles. The first kappa shape index (κ1) is 16.4. The van der Waals surface area contributed by atoms with Crippen molar-refractivity contribution in [2.45, 2.75) is 58.0 Å². The highest BCUT2D eigenvalue weighted by molar-refractivity contribution is 5.19. The van der Waals surface area contributed by atoms with Gasteiger partial charge in [0, 0.05) is 18.6 Å². The monoisotopic (exact) mass is 292 g/mol. The van der Waals surface area contributed by atoms with Gasteiger partial charge in [0.25, 0.3) is 0 Å². The van der Waals surface area contributed by atoms with Crippen LogP contribution in [0, 0.1) is 11.7 Å². The second kappa shape index (κ2) is 7.90. The zero-order chi connectivity index (χ0) is 15.2. The molecule has 0 aliphatic heterocycles. The van der Waals surface area contributed by atoms with Crippen LogP contribution >= 0.6 is 0 Å². The predicted molar refractivity (Wildman–Crippen MR) is 86.6 cm³/mol. The Kier molecular flexibility index (Phi) is 6.19. The summed E-state index contributed by atoms with van der Waals surface area (Å²) in [6.45, 7) is 6.54. The molecule has 2 N–H and O–H groups in total. The van der Waals surface area contributed by atoms with Crippen LogP contribution in [0.2, 0.25) is 0 Å². The maximum Gasteiger partial charge on any atom is 0.123 e. The molecule has 2 nitrogen and oxygen atoms in total. The molecule has 0 amide bonds. The number of rotatable bonds is 7. The predicted octanol–water partition coefficient (Wildman–Crippen LogP) is 4.12. The van der Waals surface area contributed by atoms with Gasteiger partial charge in [-0.15, -0.1) is 0 Å². The Morgan fingerprint density at radius 1 is 1.19 bits per heavy atom. The lowest BCUT2D eigenvalue weighted by molar-refractivity contribution is 0.177. The number of hydrogen-bond acceptors (Lipinski definition) is 2. The van der Waals surface area contributed by atoms with Crippen molar-refractivity contribution in [1.82, 2.24) is 4.90 Å². The molecule has 1 unspecified atom stereocenters. The quantitative estimate of drug-likeness (QED) is 0.819. The largest absolute Gasteiger partial charge is 0.323 e. The lowest BCUT2D eigenvalue weighted by Gasteiger charge is -2.32. The van der Waals surface area contributed by atoms with Gasteiger partial charge in [0.1, 0.15) is 5.82 Å². The molecule has 21 heavy (non-hydrogen) atoms. The molecule has 1 saturated carbocycles. The van der Waals surface area contributed by atoms with Gasteiger partial charge < -0.3 is 5.73 Å². The highest BCUT2D eigenvalue weighted by atomic mass is 19.1. The van der Waals surface area contributed by atoms with Crippen molar-refractivity contribution >= 4 is 0 Å². The van der Waals surface area contributed by atoms with Gasteiger partial charge in [0.2, 0.25) is 0 Å². The third-order valence-electron chi connectivity index (χ3n) is 4.56. The average Bonchev–Trinajstić information content (AvgIpc) is 2.97. The molecule has 1 aromatic rings. The normalized spacial score (nSPS) is 17.8. The van der Waals surface area contributed by atoms with Gasteiger partial charge in [0.05, 0.1) is 0 Å². The van der Waals surface area contributed by atoms with Crippen LogP contribution < -0.4 is 5.73 Å². The molecule has 2 rings (SSSR count). The Hall–Kier alpha value is -0.930. The van der Waals surface area contributed by atoms with Crippen molar-refractivity contribution < 1.29 is 4.39 Å². The first-order valence-corrected chi connectivity index (χ1v) is 8.31. The lowest BCUT2D eigenvalue weighted by Crippen LogP contribution is -2.39. The van der Waals surface area contributed by atoms with E-state index in [1.54, 1.807) is 0 Å². The van der Waals surface area contributed by atoms with Crippen molar-refractivity contribution in [3.05, 3.63) is 35.6 Å². The molecule has 0 heterocycles. The molecule has 118 valence electrons. The van der Waals surface area contributed by atoms with Crippen LogP contribution in [-0.4, -0.2) is 24.0 Å². The minimum Gasteiger partial charge on any atom is -0.323 e. The van der Waals surface area contributed by atoms with E-state index in [9.17, 15) is 4.39 Å². The number of benzene rings is 1. The van der Waals surface area contributed by atoms with Gasteiger partial charge in [-0.05, 0) is 49.4 Å². The Balaban J connectivity index is 1.97. The van der Waals surface area contributed by atoms with Gasteiger partial charge in [-0.3, -0.25) is 4.90 Å². The van der Waals surface area contributed by atoms with E-state index in [1.807, 2.05) is 12.1 Å². The highest BCUT2D eigenvalue weighted by Crippen LogP contribution is 2.26. The van der Waals surface area contributed by atoms with Crippen molar-refractivity contribution in [3.63, 3.8) is 0 Å². The van der Waals surface area contributed by atoms with Crippen LogP contribution in [0.15, 0.2) is 24.3 Å². The van der Waals surface area contributed by atoms with Crippen molar-refractivity contribution in [2.75, 3.05) is 13.1 Å². The first-order valence-electron chi connectivity index (χ1n) is 8.31. The second-order valence-electron chi connectivity index (χ2n) is 6.77. The number of hydrogen-bond donors (Lipinski definition) is 1. The van der Waals surface area contributed by atoms with Crippen LogP contribution in [0.5, 0.6) is 0 Å². The first-order chi connectivity index (χ1) is 10.1. The van der Waals surface area contributed by atoms with Crippen LogP contribution in [0.4, 0.5) is 4.39 Å². The molecular formula is C18H29FN2. The summed E-state index contributed by atoms with van der Waals surface area (Å²) in [7, 11) is 0. The summed E-state index contributed by atoms with van der Waals surface area (Å²) in [5.41, 5.74) is 7.39. The van der Waals surface area contributed by atoms with Gasteiger partial charge in [-0.25, -0.2) is 4.39 Å². The maximum atomic E-state index is 13.0. The van der Waals surface area contributed by atoms with E-state index in [0.29, 0.717) is 6.04 Å². The van der Waals surface area contributed by atoms with Gasteiger partial charge >= 0.3 is 0 Å². The van der Waals surface area contributed by atoms with Crippen LogP contribution in [0.25, 0.3) is 0 Å². The fourth-order valence-corrected chi connectivity index (χ4v) is 3.18. The molecule has 3 heteroatoms. The third kappa shape index (κ3) is 5.08. The molecule has 1 atom stereocenters. The third-order valence-corrected chi connectivity index (χ3v) is 4.56. The Morgan fingerprint density at radius 3 is 2.38 bits per heavy atom. The van der Waals surface area contributed by atoms with Gasteiger partial charge in [0.15, 0.2) is 0 Å². The Morgan fingerprint density at radius 2 is 1.81 bits per heavy atom. The molecule has 0 saturated heterocycles. The van der Waals surface area contributed by atoms with E-state index in [-0.39, 0.29) is 11.9 Å². The van der Waals surface area contributed by atoms with E-state index in [4.69, 9.17) is 5.73 Å².